The highest BCUT2D eigenvalue weighted by Crippen LogP contribution is 2.27. The van der Waals surface area contributed by atoms with Gasteiger partial charge in [0, 0.05) is 6.04 Å². The fourth-order valence-corrected chi connectivity index (χ4v) is 1.82. The van der Waals surface area contributed by atoms with Gasteiger partial charge in [-0.05, 0) is 17.7 Å². The Morgan fingerprint density at radius 2 is 2.12 bits per heavy atom. The Morgan fingerprint density at radius 3 is 2.56 bits per heavy atom. The molecule has 0 aromatic heterocycles. The lowest BCUT2D eigenvalue weighted by atomic mass is 10.1. The zero-order valence-electron chi connectivity index (χ0n) is 9.83. The Balaban J connectivity index is 2.89. The molecule has 0 fully saturated rings. The summed E-state index contributed by atoms with van der Waals surface area (Å²) in [5.41, 5.74) is 0.960. The molecule has 16 heavy (non-hydrogen) atoms. The molecule has 1 aromatic rings. The molecule has 0 bridgehead atoms. The van der Waals surface area contributed by atoms with E-state index in [0.29, 0.717) is 16.8 Å². The molecule has 0 aliphatic heterocycles. The molecule has 0 aliphatic carbocycles. The van der Waals surface area contributed by atoms with Crippen LogP contribution in [0.15, 0.2) is 18.2 Å². The van der Waals surface area contributed by atoms with Crippen LogP contribution >= 0.6 is 11.6 Å². The number of hydrogen-bond acceptors (Lipinski definition) is 3. The first-order chi connectivity index (χ1) is 7.58. The van der Waals surface area contributed by atoms with Crippen LogP contribution in [0, 0.1) is 0 Å². The van der Waals surface area contributed by atoms with Crippen LogP contribution in [-0.4, -0.2) is 24.9 Å². The number of halogens is 1. The zero-order chi connectivity index (χ0) is 12.1. The summed E-state index contributed by atoms with van der Waals surface area (Å²) in [4.78, 5) is 0. The molecule has 0 saturated carbocycles. The molecule has 1 aromatic carbocycles. The van der Waals surface area contributed by atoms with E-state index in [0.717, 1.165) is 5.56 Å². The minimum absolute atomic E-state index is 0.0425. The van der Waals surface area contributed by atoms with E-state index >= 15 is 0 Å². The number of benzene rings is 1. The van der Waals surface area contributed by atoms with Gasteiger partial charge in [-0.15, -0.1) is 0 Å². The first-order valence-corrected chi connectivity index (χ1v) is 5.66. The zero-order valence-corrected chi connectivity index (χ0v) is 10.6. The lowest BCUT2D eigenvalue weighted by Crippen LogP contribution is -2.30. The molecule has 1 unspecified atom stereocenters. The number of nitrogens with one attached hydrogen (secondary N) is 1. The van der Waals surface area contributed by atoms with E-state index in [2.05, 4.69) is 5.32 Å². The maximum Gasteiger partial charge on any atom is 0.137 e. The van der Waals surface area contributed by atoms with Gasteiger partial charge in [0.05, 0.1) is 24.8 Å². The Kier molecular flexibility index (Phi) is 5.06. The standard InChI is InChI=1S/C12H18ClNO2/c1-8(2)14-11(7-15)9-4-5-12(16-3)10(13)6-9/h4-6,8,11,14-15H,7H2,1-3H3. The summed E-state index contributed by atoms with van der Waals surface area (Å²) >= 11 is 6.03. The van der Waals surface area contributed by atoms with Gasteiger partial charge in [0.2, 0.25) is 0 Å². The van der Waals surface area contributed by atoms with Crippen LogP contribution in [0.5, 0.6) is 5.75 Å². The van der Waals surface area contributed by atoms with Crippen LogP contribution < -0.4 is 10.1 Å². The number of hydrogen-bond donors (Lipinski definition) is 2. The summed E-state index contributed by atoms with van der Waals surface area (Å²) in [6, 6.07) is 5.74. The summed E-state index contributed by atoms with van der Waals surface area (Å²) in [5, 5.41) is 13.1. The molecule has 3 nitrogen and oxygen atoms in total. The van der Waals surface area contributed by atoms with Crippen molar-refractivity contribution in [2.75, 3.05) is 13.7 Å². The number of rotatable bonds is 5. The molecule has 0 radical (unpaired) electrons. The average molecular weight is 244 g/mol. The van der Waals surface area contributed by atoms with Crippen molar-refractivity contribution in [2.45, 2.75) is 25.9 Å². The van der Waals surface area contributed by atoms with Crippen molar-refractivity contribution < 1.29 is 9.84 Å². The van der Waals surface area contributed by atoms with E-state index in [4.69, 9.17) is 16.3 Å². The lowest BCUT2D eigenvalue weighted by molar-refractivity contribution is 0.237. The predicted octanol–water partition coefficient (Wildman–Crippen LogP) is 2.38. The van der Waals surface area contributed by atoms with Gasteiger partial charge in [0.15, 0.2) is 0 Å². The van der Waals surface area contributed by atoms with Crippen molar-refractivity contribution >= 4 is 11.6 Å². The van der Waals surface area contributed by atoms with Gasteiger partial charge < -0.3 is 15.2 Å². The van der Waals surface area contributed by atoms with E-state index in [1.165, 1.54) is 0 Å². The molecule has 1 atom stereocenters. The maximum atomic E-state index is 9.31. The molecule has 1 rings (SSSR count). The predicted molar refractivity (Wildman–Crippen MR) is 66.1 cm³/mol. The van der Waals surface area contributed by atoms with E-state index in [-0.39, 0.29) is 12.6 Å². The Labute approximate surface area is 101 Å². The van der Waals surface area contributed by atoms with Gasteiger partial charge in [-0.3, -0.25) is 0 Å². The van der Waals surface area contributed by atoms with Crippen LogP contribution in [0.1, 0.15) is 25.5 Å². The number of ether oxygens (including phenoxy) is 1. The minimum atomic E-state index is -0.0941. The third kappa shape index (κ3) is 3.37. The van der Waals surface area contributed by atoms with Gasteiger partial charge in [-0.1, -0.05) is 31.5 Å². The molecule has 90 valence electrons. The summed E-state index contributed by atoms with van der Waals surface area (Å²) in [6.07, 6.45) is 0. The molecule has 2 N–H and O–H groups in total. The van der Waals surface area contributed by atoms with Gasteiger partial charge in [-0.2, -0.15) is 0 Å². The SMILES string of the molecule is COc1ccc(C(CO)NC(C)C)cc1Cl. The van der Waals surface area contributed by atoms with Crippen LogP contribution in [0.2, 0.25) is 5.02 Å². The second-order valence-electron chi connectivity index (χ2n) is 3.95. The fourth-order valence-electron chi connectivity index (χ4n) is 1.56. The third-order valence-electron chi connectivity index (χ3n) is 2.30. The number of methoxy groups -OCH3 is 1. The highest BCUT2D eigenvalue weighted by molar-refractivity contribution is 6.32. The summed E-state index contributed by atoms with van der Waals surface area (Å²) in [7, 11) is 1.58. The first-order valence-electron chi connectivity index (χ1n) is 5.28. The van der Waals surface area contributed by atoms with Crippen LogP contribution in [-0.2, 0) is 0 Å². The molecular weight excluding hydrogens is 226 g/mol. The third-order valence-corrected chi connectivity index (χ3v) is 2.59. The van der Waals surface area contributed by atoms with Crippen LogP contribution in [0.25, 0.3) is 0 Å². The van der Waals surface area contributed by atoms with E-state index < -0.39 is 0 Å². The second-order valence-corrected chi connectivity index (χ2v) is 4.36. The average Bonchev–Trinajstić information content (AvgIpc) is 2.25. The maximum absolute atomic E-state index is 9.31. The summed E-state index contributed by atoms with van der Waals surface area (Å²) in [5.74, 6) is 0.645. The Bertz CT molecular complexity index is 342. The molecule has 0 saturated heterocycles. The van der Waals surface area contributed by atoms with Crippen molar-refractivity contribution in [3.8, 4) is 5.75 Å². The monoisotopic (exact) mass is 243 g/mol. The van der Waals surface area contributed by atoms with Crippen molar-refractivity contribution in [2.24, 2.45) is 0 Å². The summed E-state index contributed by atoms with van der Waals surface area (Å²) < 4.78 is 5.08. The topological polar surface area (TPSA) is 41.5 Å². The van der Waals surface area contributed by atoms with Gasteiger partial charge in [-0.25, -0.2) is 0 Å². The van der Waals surface area contributed by atoms with Crippen molar-refractivity contribution in [1.82, 2.24) is 5.32 Å². The van der Waals surface area contributed by atoms with E-state index in [1.807, 2.05) is 32.0 Å². The Morgan fingerprint density at radius 1 is 1.44 bits per heavy atom. The molecule has 0 heterocycles. The van der Waals surface area contributed by atoms with Crippen molar-refractivity contribution in [1.29, 1.82) is 0 Å². The van der Waals surface area contributed by atoms with Crippen LogP contribution in [0.3, 0.4) is 0 Å². The van der Waals surface area contributed by atoms with E-state index in [1.54, 1.807) is 7.11 Å². The molecule has 0 amide bonds. The lowest BCUT2D eigenvalue weighted by Gasteiger charge is -2.20. The largest absolute Gasteiger partial charge is 0.495 e. The van der Waals surface area contributed by atoms with Crippen molar-refractivity contribution in [3.63, 3.8) is 0 Å². The van der Waals surface area contributed by atoms with Crippen molar-refractivity contribution in [3.05, 3.63) is 28.8 Å². The highest BCUT2D eigenvalue weighted by atomic mass is 35.5. The summed E-state index contributed by atoms with van der Waals surface area (Å²) in [6.45, 7) is 4.11. The number of aliphatic hydroxyl groups is 1. The molecule has 0 spiro atoms. The smallest absolute Gasteiger partial charge is 0.137 e. The van der Waals surface area contributed by atoms with Gasteiger partial charge >= 0.3 is 0 Å². The first kappa shape index (κ1) is 13.3. The highest BCUT2D eigenvalue weighted by Gasteiger charge is 2.13. The molecule has 4 heteroatoms. The number of aliphatic hydroxyl groups excluding tert-OH is 1. The normalized spacial score (nSPS) is 12.9. The quantitative estimate of drug-likeness (QED) is 0.835. The molecule has 0 aliphatic rings. The molecular formula is C12H18ClNO2. The Hall–Kier alpha value is -0.770. The van der Waals surface area contributed by atoms with Gasteiger partial charge in [0.1, 0.15) is 5.75 Å². The second kappa shape index (κ2) is 6.09. The van der Waals surface area contributed by atoms with Crippen LogP contribution in [0.4, 0.5) is 0 Å². The van der Waals surface area contributed by atoms with Gasteiger partial charge in [0.25, 0.3) is 0 Å². The minimum Gasteiger partial charge on any atom is -0.495 e. The van der Waals surface area contributed by atoms with E-state index in [9.17, 15) is 5.11 Å². The fraction of sp³-hybridized carbons (Fsp3) is 0.500.